The molecule has 1 aromatic rings. The van der Waals surface area contributed by atoms with E-state index in [0.29, 0.717) is 0 Å². The summed E-state index contributed by atoms with van der Waals surface area (Å²) in [6.45, 7) is 2.10. The molecular weight excluding hydrogens is 242 g/mol. The van der Waals surface area contributed by atoms with Crippen molar-refractivity contribution in [2.45, 2.75) is 26.2 Å². The fraction of sp³-hybridized carbons (Fsp3) is 0.636. The third-order valence-electron chi connectivity index (χ3n) is 2.84. The molecule has 0 saturated heterocycles. The lowest BCUT2D eigenvalue weighted by molar-refractivity contribution is -0.122. The highest BCUT2D eigenvalue weighted by Crippen LogP contribution is 2.13. The normalized spacial score (nSPS) is 11.7. The number of carbonyl (C=O) groups is 1. The summed E-state index contributed by atoms with van der Waals surface area (Å²) < 4.78 is 27.4. The number of alkyl halides is 2. The monoisotopic (exact) mass is 260 g/mol. The standard InChI is InChI=1S/C11H18F2N4O/c1-7-9(8(2)17(3)16-7)4-10(18)15-6-11(12,13)5-14/h4-6,14H2,1-3H3,(H,15,18). The third kappa shape index (κ3) is 3.49. The van der Waals surface area contributed by atoms with Crippen LogP contribution in [0.25, 0.3) is 0 Å². The fourth-order valence-electron chi connectivity index (χ4n) is 1.60. The van der Waals surface area contributed by atoms with Crippen LogP contribution in [0.1, 0.15) is 17.0 Å². The van der Waals surface area contributed by atoms with Crippen molar-refractivity contribution in [3.8, 4) is 0 Å². The van der Waals surface area contributed by atoms with Gasteiger partial charge in [-0.15, -0.1) is 0 Å². The molecule has 7 heteroatoms. The highest BCUT2D eigenvalue weighted by molar-refractivity contribution is 5.79. The first-order chi connectivity index (χ1) is 8.26. The number of halogens is 2. The van der Waals surface area contributed by atoms with E-state index >= 15 is 0 Å². The zero-order chi connectivity index (χ0) is 13.9. The molecule has 0 radical (unpaired) electrons. The van der Waals surface area contributed by atoms with Gasteiger partial charge >= 0.3 is 0 Å². The second kappa shape index (κ2) is 5.43. The van der Waals surface area contributed by atoms with E-state index in [1.54, 1.807) is 18.7 Å². The average molecular weight is 260 g/mol. The van der Waals surface area contributed by atoms with Gasteiger partial charge in [0.1, 0.15) is 0 Å². The molecule has 1 heterocycles. The Kier molecular flexibility index (Phi) is 4.39. The minimum absolute atomic E-state index is 0.0478. The van der Waals surface area contributed by atoms with Crippen molar-refractivity contribution >= 4 is 5.91 Å². The molecule has 0 aliphatic carbocycles. The Labute approximate surface area is 104 Å². The van der Waals surface area contributed by atoms with Crippen molar-refractivity contribution in [1.29, 1.82) is 0 Å². The van der Waals surface area contributed by atoms with E-state index in [4.69, 9.17) is 5.73 Å². The molecule has 0 aliphatic heterocycles. The zero-order valence-electron chi connectivity index (χ0n) is 10.8. The Bertz CT molecular complexity index is 442. The lowest BCUT2D eigenvalue weighted by Crippen LogP contribution is -2.42. The Morgan fingerprint density at radius 2 is 2.11 bits per heavy atom. The number of nitrogens with one attached hydrogen (secondary N) is 1. The van der Waals surface area contributed by atoms with Crippen LogP contribution in [0.4, 0.5) is 8.78 Å². The smallest absolute Gasteiger partial charge is 0.277 e. The van der Waals surface area contributed by atoms with E-state index in [1.807, 2.05) is 6.92 Å². The topological polar surface area (TPSA) is 72.9 Å². The van der Waals surface area contributed by atoms with Gasteiger partial charge in [-0.2, -0.15) is 5.10 Å². The number of hydrogen-bond acceptors (Lipinski definition) is 3. The molecule has 0 aromatic carbocycles. The van der Waals surface area contributed by atoms with Gasteiger partial charge in [0.25, 0.3) is 5.92 Å². The molecule has 0 atom stereocenters. The fourth-order valence-corrected chi connectivity index (χ4v) is 1.60. The predicted octanol–water partition coefficient (Wildman–Crippen LogP) is 0.290. The van der Waals surface area contributed by atoms with Gasteiger partial charge in [0, 0.05) is 18.3 Å². The summed E-state index contributed by atoms with van der Waals surface area (Å²) in [5, 5.41) is 6.34. The van der Waals surface area contributed by atoms with Crippen molar-refractivity contribution in [3.63, 3.8) is 0 Å². The highest BCUT2D eigenvalue weighted by Gasteiger charge is 2.27. The number of aromatic nitrogens is 2. The van der Waals surface area contributed by atoms with Crippen molar-refractivity contribution in [1.82, 2.24) is 15.1 Å². The average Bonchev–Trinajstić information content (AvgIpc) is 2.54. The zero-order valence-corrected chi connectivity index (χ0v) is 10.8. The number of rotatable bonds is 5. The SMILES string of the molecule is Cc1nn(C)c(C)c1CC(=O)NCC(F)(F)CN. The molecule has 18 heavy (non-hydrogen) atoms. The minimum Gasteiger partial charge on any atom is -0.350 e. The quantitative estimate of drug-likeness (QED) is 0.799. The van der Waals surface area contributed by atoms with Crippen molar-refractivity contribution in [2.24, 2.45) is 12.8 Å². The number of carbonyl (C=O) groups excluding carboxylic acids is 1. The lowest BCUT2D eigenvalue weighted by Gasteiger charge is -2.14. The summed E-state index contributed by atoms with van der Waals surface area (Å²) in [6, 6.07) is 0. The molecule has 0 fully saturated rings. The van der Waals surface area contributed by atoms with Crippen LogP contribution in [0, 0.1) is 13.8 Å². The first-order valence-corrected chi connectivity index (χ1v) is 5.60. The van der Waals surface area contributed by atoms with E-state index in [0.717, 1.165) is 17.0 Å². The highest BCUT2D eigenvalue weighted by atomic mass is 19.3. The maximum Gasteiger partial charge on any atom is 0.277 e. The van der Waals surface area contributed by atoms with Gasteiger partial charge in [-0.25, -0.2) is 8.78 Å². The van der Waals surface area contributed by atoms with Crippen LogP contribution in [0.5, 0.6) is 0 Å². The van der Waals surface area contributed by atoms with Gasteiger partial charge in [-0.1, -0.05) is 0 Å². The second-order valence-corrected chi connectivity index (χ2v) is 4.29. The molecule has 0 saturated carbocycles. The summed E-state index contributed by atoms with van der Waals surface area (Å²) in [6.07, 6.45) is 0.0478. The minimum atomic E-state index is -3.06. The van der Waals surface area contributed by atoms with Gasteiger partial charge in [0.2, 0.25) is 5.91 Å². The number of hydrogen-bond donors (Lipinski definition) is 2. The molecular formula is C11H18F2N4O. The molecule has 0 bridgehead atoms. The van der Waals surface area contributed by atoms with Crippen molar-refractivity contribution in [2.75, 3.05) is 13.1 Å². The van der Waals surface area contributed by atoms with Crippen molar-refractivity contribution in [3.05, 3.63) is 17.0 Å². The summed E-state index contributed by atoms with van der Waals surface area (Å²) >= 11 is 0. The first kappa shape index (κ1) is 14.6. The van der Waals surface area contributed by atoms with Gasteiger partial charge in [0.15, 0.2) is 0 Å². The number of nitrogens with zero attached hydrogens (tertiary/aromatic N) is 2. The van der Waals surface area contributed by atoms with Crippen LogP contribution in [-0.4, -0.2) is 34.7 Å². The lowest BCUT2D eigenvalue weighted by atomic mass is 10.1. The molecule has 1 amide bonds. The van der Waals surface area contributed by atoms with Gasteiger partial charge in [-0.05, 0) is 13.8 Å². The van der Waals surface area contributed by atoms with Crippen LogP contribution in [-0.2, 0) is 18.3 Å². The molecule has 1 aromatic heterocycles. The van der Waals surface area contributed by atoms with Crippen LogP contribution < -0.4 is 11.1 Å². The number of amides is 1. The Hall–Kier alpha value is -1.50. The van der Waals surface area contributed by atoms with Gasteiger partial charge < -0.3 is 11.1 Å². The van der Waals surface area contributed by atoms with Gasteiger partial charge in [-0.3, -0.25) is 9.48 Å². The molecule has 0 unspecified atom stereocenters. The Morgan fingerprint density at radius 3 is 2.56 bits per heavy atom. The van der Waals surface area contributed by atoms with E-state index in [-0.39, 0.29) is 6.42 Å². The van der Waals surface area contributed by atoms with Crippen LogP contribution in [0.2, 0.25) is 0 Å². The van der Waals surface area contributed by atoms with E-state index in [1.165, 1.54) is 0 Å². The summed E-state index contributed by atoms with van der Waals surface area (Å²) in [7, 11) is 1.77. The summed E-state index contributed by atoms with van der Waals surface area (Å²) in [4.78, 5) is 11.6. The van der Waals surface area contributed by atoms with E-state index in [9.17, 15) is 13.6 Å². The summed E-state index contributed by atoms with van der Waals surface area (Å²) in [5.74, 6) is -3.52. The number of aryl methyl sites for hydroxylation is 2. The van der Waals surface area contributed by atoms with Crippen LogP contribution >= 0.6 is 0 Å². The molecule has 102 valence electrons. The molecule has 0 aliphatic rings. The van der Waals surface area contributed by atoms with Crippen LogP contribution in [0.15, 0.2) is 0 Å². The first-order valence-electron chi connectivity index (χ1n) is 5.60. The van der Waals surface area contributed by atoms with Crippen molar-refractivity contribution < 1.29 is 13.6 Å². The Balaban J connectivity index is 2.60. The molecule has 1 rings (SSSR count). The summed E-state index contributed by atoms with van der Waals surface area (Å²) in [5.41, 5.74) is 7.24. The maximum absolute atomic E-state index is 12.9. The molecule has 5 nitrogen and oxygen atoms in total. The van der Waals surface area contributed by atoms with Crippen LogP contribution in [0.3, 0.4) is 0 Å². The second-order valence-electron chi connectivity index (χ2n) is 4.29. The third-order valence-corrected chi connectivity index (χ3v) is 2.84. The number of nitrogens with two attached hydrogens (primary N) is 1. The predicted molar refractivity (Wildman–Crippen MR) is 63.4 cm³/mol. The maximum atomic E-state index is 12.9. The molecule has 3 N–H and O–H groups in total. The molecule has 0 spiro atoms. The van der Waals surface area contributed by atoms with E-state index < -0.39 is 24.9 Å². The largest absolute Gasteiger partial charge is 0.350 e. The van der Waals surface area contributed by atoms with Gasteiger partial charge in [0.05, 0.1) is 25.2 Å². The Morgan fingerprint density at radius 1 is 1.50 bits per heavy atom. The van der Waals surface area contributed by atoms with E-state index in [2.05, 4.69) is 10.4 Å².